The molecule has 3 atom stereocenters. The molecule has 1 saturated carbocycles. The summed E-state index contributed by atoms with van der Waals surface area (Å²) < 4.78 is 5.03. The number of carbonyl (C=O) groups is 1. The third-order valence-electron chi connectivity index (χ3n) is 5.20. The van der Waals surface area contributed by atoms with E-state index in [1.54, 1.807) is 6.07 Å². The highest BCUT2D eigenvalue weighted by molar-refractivity contribution is 5.97. The number of hydrogen-bond donors (Lipinski definition) is 3. The average molecular weight is 334 g/mol. The van der Waals surface area contributed by atoms with Crippen LogP contribution in [-0.4, -0.2) is 59.4 Å². The van der Waals surface area contributed by atoms with E-state index in [-0.39, 0.29) is 29.3 Å². The van der Waals surface area contributed by atoms with Gasteiger partial charge in [0.2, 0.25) is 0 Å². The summed E-state index contributed by atoms with van der Waals surface area (Å²) in [4.78, 5) is 14.8. The molecule has 1 saturated heterocycles. The van der Waals surface area contributed by atoms with Gasteiger partial charge in [0.15, 0.2) is 0 Å². The smallest absolute Gasteiger partial charge is 0.255 e. The van der Waals surface area contributed by atoms with Crippen LogP contribution < -0.4 is 10.1 Å². The number of ether oxygens (including phenoxy) is 1. The minimum Gasteiger partial charge on any atom is -0.507 e. The molecule has 3 N–H and O–H groups in total. The SMILES string of the molecule is COc1ccc(C(=O)N[C@@H]2CCC[C@@H](N3CCCC3)[C@@H]2O)c(O)c1. The van der Waals surface area contributed by atoms with Crippen LogP contribution in [0, 0.1) is 0 Å². The summed E-state index contributed by atoms with van der Waals surface area (Å²) in [6, 6.07) is 4.43. The summed E-state index contributed by atoms with van der Waals surface area (Å²) in [5.41, 5.74) is 0.200. The first kappa shape index (κ1) is 17.0. The molecule has 6 heteroatoms. The Bertz CT molecular complexity index is 586. The van der Waals surface area contributed by atoms with Gasteiger partial charge in [-0.2, -0.15) is 0 Å². The molecule has 0 bridgehead atoms. The molecule has 1 aliphatic heterocycles. The zero-order valence-electron chi connectivity index (χ0n) is 14.1. The summed E-state index contributed by atoms with van der Waals surface area (Å²) in [6.45, 7) is 2.06. The second-order valence-corrected chi connectivity index (χ2v) is 6.69. The molecule has 2 fully saturated rings. The number of nitrogens with one attached hydrogen (secondary N) is 1. The zero-order chi connectivity index (χ0) is 17.1. The Labute approximate surface area is 142 Å². The average Bonchev–Trinajstić information content (AvgIpc) is 3.10. The first-order chi connectivity index (χ1) is 11.6. The Balaban J connectivity index is 1.67. The Morgan fingerprint density at radius 3 is 2.67 bits per heavy atom. The van der Waals surface area contributed by atoms with Gasteiger partial charge in [-0.25, -0.2) is 0 Å². The minimum absolute atomic E-state index is 0.117. The maximum atomic E-state index is 12.5. The molecule has 24 heavy (non-hydrogen) atoms. The first-order valence-corrected chi connectivity index (χ1v) is 8.70. The van der Waals surface area contributed by atoms with Gasteiger partial charge in [0.25, 0.3) is 5.91 Å². The van der Waals surface area contributed by atoms with Crippen molar-refractivity contribution in [2.45, 2.75) is 50.3 Å². The number of methoxy groups -OCH3 is 1. The lowest BCUT2D eigenvalue weighted by atomic mass is 9.87. The first-order valence-electron chi connectivity index (χ1n) is 8.70. The van der Waals surface area contributed by atoms with E-state index in [9.17, 15) is 15.0 Å². The van der Waals surface area contributed by atoms with E-state index in [4.69, 9.17) is 4.74 Å². The second kappa shape index (κ2) is 7.40. The van der Waals surface area contributed by atoms with Gasteiger partial charge in [-0.05, 0) is 57.3 Å². The molecule has 6 nitrogen and oxygen atoms in total. The van der Waals surface area contributed by atoms with E-state index >= 15 is 0 Å². The molecule has 1 amide bonds. The number of likely N-dealkylation sites (tertiary alicyclic amines) is 1. The van der Waals surface area contributed by atoms with Gasteiger partial charge < -0.3 is 20.3 Å². The second-order valence-electron chi connectivity index (χ2n) is 6.69. The summed E-state index contributed by atoms with van der Waals surface area (Å²) in [6.07, 6.45) is 4.51. The van der Waals surface area contributed by atoms with Gasteiger partial charge in [-0.15, -0.1) is 0 Å². The summed E-state index contributed by atoms with van der Waals surface area (Å²) >= 11 is 0. The fraction of sp³-hybridized carbons (Fsp3) is 0.611. The highest BCUT2D eigenvalue weighted by Gasteiger charge is 2.37. The van der Waals surface area contributed by atoms with Gasteiger partial charge >= 0.3 is 0 Å². The highest BCUT2D eigenvalue weighted by atomic mass is 16.5. The van der Waals surface area contributed by atoms with Crippen LogP contribution in [0.5, 0.6) is 11.5 Å². The number of rotatable bonds is 4. The normalized spacial score (nSPS) is 27.8. The number of aliphatic hydroxyl groups excluding tert-OH is 1. The summed E-state index contributed by atoms with van der Waals surface area (Å²) in [5, 5.41) is 23.6. The fourth-order valence-corrected chi connectivity index (χ4v) is 3.86. The molecule has 1 aliphatic carbocycles. The van der Waals surface area contributed by atoms with Gasteiger partial charge in [0.1, 0.15) is 11.5 Å². The predicted molar refractivity (Wildman–Crippen MR) is 90.4 cm³/mol. The number of hydrogen-bond acceptors (Lipinski definition) is 5. The lowest BCUT2D eigenvalue weighted by Crippen LogP contribution is -2.56. The van der Waals surface area contributed by atoms with Gasteiger partial charge in [0, 0.05) is 12.1 Å². The molecular formula is C18H26N2O4. The Morgan fingerprint density at radius 2 is 2.00 bits per heavy atom. The Kier molecular flexibility index (Phi) is 5.26. The van der Waals surface area contributed by atoms with E-state index in [0.29, 0.717) is 5.75 Å². The molecule has 1 aromatic carbocycles. The molecule has 3 rings (SSSR count). The van der Waals surface area contributed by atoms with Crippen LogP contribution in [0.1, 0.15) is 42.5 Å². The maximum absolute atomic E-state index is 12.5. The largest absolute Gasteiger partial charge is 0.507 e. The van der Waals surface area contributed by atoms with Crippen molar-refractivity contribution in [1.82, 2.24) is 10.2 Å². The van der Waals surface area contributed by atoms with E-state index in [1.807, 2.05) is 0 Å². The number of aromatic hydroxyl groups is 1. The van der Waals surface area contributed by atoms with Crippen molar-refractivity contribution in [3.63, 3.8) is 0 Å². The van der Waals surface area contributed by atoms with Gasteiger partial charge in [0.05, 0.1) is 24.8 Å². The standard InChI is InChI=1S/C18H26N2O4/c1-24-12-7-8-13(16(21)11-12)18(23)19-14-5-4-6-15(17(14)22)20-9-2-3-10-20/h7-8,11,14-15,17,21-22H,2-6,9-10H2,1H3,(H,19,23)/t14-,15-,17-/m1/s1. The van der Waals surface area contributed by atoms with Gasteiger partial charge in [-0.3, -0.25) is 9.69 Å². The predicted octanol–water partition coefficient (Wildman–Crippen LogP) is 1.51. The highest BCUT2D eigenvalue weighted by Crippen LogP contribution is 2.28. The number of phenols is 1. The van der Waals surface area contributed by atoms with Crippen molar-refractivity contribution in [3.8, 4) is 11.5 Å². The van der Waals surface area contributed by atoms with Crippen LogP contribution in [0.25, 0.3) is 0 Å². The molecule has 2 aliphatic rings. The Hall–Kier alpha value is -1.79. The Morgan fingerprint density at radius 1 is 1.25 bits per heavy atom. The number of aliphatic hydroxyl groups is 1. The lowest BCUT2D eigenvalue weighted by molar-refractivity contribution is 0.00700. The topological polar surface area (TPSA) is 82.0 Å². The zero-order valence-corrected chi connectivity index (χ0v) is 14.1. The summed E-state index contributed by atoms with van der Waals surface area (Å²) in [7, 11) is 1.51. The van der Waals surface area contributed by atoms with Crippen molar-refractivity contribution in [2.24, 2.45) is 0 Å². The van der Waals surface area contributed by atoms with Gasteiger partial charge in [-0.1, -0.05) is 0 Å². The van der Waals surface area contributed by atoms with Crippen molar-refractivity contribution < 1.29 is 19.7 Å². The quantitative estimate of drug-likeness (QED) is 0.777. The van der Waals surface area contributed by atoms with Crippen molar-refractivity contribution >= 4 is 5.91 Å². The molecule has 0 radical (unpaired) electrons. The van der Waals surface area contributed by atoms with E-state index in [2.05, 4.69) is 10.2 Å². The number of benzene rings is 1. The molecule has 1 heterocycles. The van der Waals surface area contributed by atoms with E-state index in [1.165, 1.54) is 32.1 Å². The van der Waals surface area contributed by atoms with Crippen LogP contribution in [-0.2, 0) is 0 Å². The number of nitrogens with zero attached hydrogens (tertiary/aromatic N) is 1. The molecule has 0 aromatic heterocycles. The van der Waals surface area contributed by atoms with Crippen LogP contribution >= 0.6 is 0 Å². The third kappa shape index (κ3) is 3.49. The van der Waals surface area contributed by atoms with E-state index in [0.717, 1.165) is 32.4 Å². The van der Waals surface area contributed by atoms with Crippen molar-refractivity contribution in [3.05, 3.63) is 23.8 Å². The maximum Gasteiger partial charge on any atom is 0.255 e. The van der Waals surface area contributed by atoms with Crippen molar-refractivity contribution in [2.75, 3.05) is 20.2 Å². The monoisotopic (exact) mass is 334 g/mol. The third-order valence-corrected chi connectivity index (χ3v) is 5.20. The summed E-state index contributed by atoms with van der Waals surface area (Å²) in [5.74, 6) is 0.0189. The molecule has 1 aromatic rings. The van der Waals surface area contributed by atoms with Crippen molar-refractivity contribution in [1.29, 1.82) is 0 Å². The fourth-order valence-electron chi connectivity index (χ4n) is 3.86. The minimum atomic E-state index is -0.568. The molecule has 0 unspecified atom stereocenters. The van der Waals surface area contributed by atoms with Crippen LogP contribution in [0.3, 0.4) is 0 Å². The lowest BCUT2D eigenvalue weighted by Gasteiger charge is -2.40. The number of amides is 1. The number of phenolic OH excluding ortho intramolecular Hbond substituents is 1. The molecule has 132 valence electrons. The van der Waals surface area contributed by atoms with Crippen LogP contribution in [0.15, 0.2) is 18.2 Å². The molecular weight excluding hydrogens is 308 g/mol. The van der Waals surface area contributed by atoms with Crippen LogP contribution in [0.2, 0.25) is 0 Å². The molecule has 0 spiro atoms. The number of carbonyl (C=O) groups excluding carboxylic acids is 1. The van der Waals surface area contributed by atoms with E-state index < -0.39 is 6.10 Å². The van der Waals surface area contributed by atoms with Crippen LogP contribution in [0.4, 0.5) is 0 Å².